The molecular formula is C22H22FN5O4. The Bertz CT molecular complexity index is 1140. The molecule has 1 aliphatic rings. The highest BCUT2D eigenvalue weighted by molar-refractivity contribution is 5.94. The topological polar surface area (TPSA) is 121 Å². The highest BCUT2D eigenvalue weighted by atomic mass is 19.1. The Hall–Kier alpha value is -3.79. The molecule has 3 N–H and O–H groups in total. The zero-order chi connectivity index (χ0) is 22.7. The Morgan fingerprint density at radius 1 is 1.28 bits per heavy atom. The van der Waals surface area contributed by atoms with Gasteiger partial charge >= 0.3 is 5.97 Å². The van der Waals surface area contributed by atoms with Crippen molar-refractivity contribution in [2.75, 3.05) is 30.4 Å². The minimum atomic E-state index is -1.10. The SMILES string of the molecule is COc1cccc(F)c1-c1nccc(Nc2cc(N3CCC[C@H](O)C3)c(C(=O)O)cn2)n1. The number of aromatic nitrogens is 3. The first-order chi connectivity index (χ1) is 15.5. The van der Waals surface area contributed by atoms with Crippen LogP contribution in [0.5, 0.6) is 5.75 Å². The lowest BCUT2D eigenvalue weighted by Gasteiger charge is -2.32. The molecule has 0 saturated carbocycles. The first-order valence-corrected chi connectivity index (χ1v) is 10.1. The lowest BCUT2D eigenvalue weighted by Crippen LogP contribution is -2.39. The van der Waals surface area contributed by atoms with Crippen LogP contribution < -0.4 is 15.0 Å². The number of β-amino-alcohol motifs (C(OH)–C–C–N with tert-alkyl or cyclic N) is 1. The average molecular weight is 439 g/mol. The van der Waals surface area contributed by atoms with Gasteiger partial charge in [0.2, 0.25) is 0 Å². The van der Waals surface area contributed by atoms with E-state index in [9.17, 15) is 19.4 Å². The number of carboxylic acids is 1. The maximum absolute atomic E-state index is 14.4. The van der Waals surface area contributed by atoms with Gasteiger partial charge in [0.05, 0.1) is 24.5 Å². The molecule has 0 aliphatic carbocycles. The number of benzene rings is 1. The number of nitrogens with one attached hydrogen (secondary N) is 1. The molecule has 0 spiro atoms. The van der Waals surface area contributed by atoms with Crippen molar-refractivity contribution >= 4 is 23.3 Å². The summed E-state index contributed by atoms with van der Waals surface area (Å²) in [6, 6.07) is 7.65. The molecule has 0 amide bonds. The summed E-state index contributed by atoms with van der Waals surface area (Å²) in [5, 5.41) is 22.6. The van der Waals surface area contributed by atoms with Crippen LogP contribution in [0.15, 0.2) is 42.7 Å². The van der Waals surface area contributed by atoms with Gasteiger partial charge in [-0.05, 0) is 31.0 Å². The van der Waals surface area contributed by atoms with Crippen molar-refractivity contribution in [2.45, 2.75) is 18.9 Å². The molecule has 1 fully saturated rings. The maximum Gasteiger partial charge on any atom is 0.339 e. The molecule has 1 atom stereocenters. The number of hydrogen-bond donors (Lipinski definition) is 3. The molecule has 3 aromatic rings. The van der Waals surface area contributed by atoms with E-state index in [4.69, 9.17) is 4.74 Å². The summed E-state index contributed by atoms with van der Waals surface area (Å²) in [7, 11) is 1.44. The highest BCUT2D eigenvalue weighted by Gasteiger charge is 2.23. The van der Waals surface area contributed by atoms with Gasteiger partial charge in [0, 0.05) is 31.5 Å². The quantitative estimate of drug-likeness (QED) is 0.532. The molecule has 10 heteroatoms. The normalized spacial score (nSPS) is 16.0. The molecule has 1 aliphatic heterocycles. The predicted octanol–water partition coefficient (Wildman–Crippen LogP) is 3.09. The largest absolute Gasteiger partial charge is 0.496 e. The molecule has 1 aromatic carbocycles. The minimum Gasteiger partial charge on any atom is -0.496 e. The average Bonchev–Trinajstić information content (AvgIpc) is 2.79. The molecule has 1 saturated heterocycles. The van der Waals surface area contributed by atoms with Gasteiger partial charge in [-0.3, -0.25) is 0 Å². The van der Waals surface area contributed by atoms with Crippen LogP contribution >= 0.6 is 0 Å². The second kappa shape index (κ2) is 9.15. The monoisotopic (exact) mass is 439 g/mol. The number of rotatable bonds is 6. The van der Waals surface area contributed by atoms with Crippen molar-refractivity contribution in [3.05, 3.63) is 54.1 Å². The Morgan fingerprint density at radius 3 is 2.88 bits per heavy atom. The van der Waals surface area contributed by atoms with Crippen LogP contribution in [0.25, 0.3) is 11.4 Å². The molecule has 9 nitrogen and oxygen atoms in total. The molecule has 0 radical (unpaired) electrons. The molecule has 32 heavy (non-hydrogen) atoms. The molecule has 0 unspecified atom stereocenters. The predicted molar refractivity (Wildman–Crippen MR) is 116 cm³/mol. The molecular weight excluding hydrogens is 417 g/mol. The Labute approximate surface area is 183 Å². The van der Waals surface area contributed by atoms with Crippen molar-refractivity contribution in [2.24, 2.45) is 0 Å². The molecule has 4 rings (SSSR count). The number of ether oxygens (including phenoxy) is 1. The van der Waals surface area contributed by atoms with Gasteiger partial charge < -0.3 is 25.2 Å². The number of carbonyl (C=O) groups is 1. The van der Waals surface area contributed by atoms with Crippen molar-refractivity contribution in [1.82, 2.24) is 15.0 Å². The van der Waals surface area contributed by atoms with Gasteiger partial charge in [-0.2, -0.15) is 0 Å². The van der Waals surface area contributed by atoms with Gasteiger partial charge in [0.25, 0.3) is 0 Å². The van der Waals surface area contributed by atoms with E-state index in [2.05, 4.69) is 20.3 Å². The van der Waals surface area contributed by atoms with Crippen LogP contribution in [0.1, 0.15) is 23.2 Å². The first-order valence-electron chi connectivity index (χ1n) is 10.1. The van der Waals surface area contributed by atoms with Crippen LogP contribution in [0.2, 0.25) is 0 Å². The van der Waals surface area contributed by atoms with Crippen LogP contribution in [-0.4, -0.2) is 57.4 Å². The number of aliphatic hydroxyl groups excluding tert-OH is 1. The van der Waals surface area contributed by atoms with Gasteiger partial charge in [-0.1, -0.05) is 6.07 Å². The van der Waals surface area contributed by atoms with Crippen molar-refractivity contribution in [3.8, 4) is 17.1 Å². The summed E-state index contributed by atoms with van der Waals surface area (Å²) in [5.74, 6) is -0.481. The number of carboxylic acid groups (broad SMARTS) is 1. The van der Waals surface area contributed by atoms with E-state index in [1.165, 1.54) is 31.6 Å². The molecule has 3 heterocycles. The third-order valence-corrected chi connectivity index (χ3v) is 5.18. The van der Waals surface area contributed by atoms with Gasteiger partial charge in [-0.25, -0.2) is 24.1 Å². The van der Waals surface area contributed by atoms with Crippen molar-refractivity contribution in [1.29, 1.82) is 0 Å². The maximum atomic E-state index is 14.4. The molecule has 2 aromatic heterocycles. The van der Waals surface area contributed by atoms with Gasteiger partial charge in [0.1, 0.15) is 28.8 Å². The van der Waals surface area contributed by atoms with E-state index >= 15 is 0 Å². The van der Waals surface area contributed by atoms with Crippen molar-refractivity contribution < 1.29 is 24.1 Å². The number of methoxy groups -OCH3 is 1. The summed E-state index contributed by atoms with van der Waals surface area (Å²) in [4.78, 5) is 26.2. The van der Waals surface area contributed by atoms with E-state index < -0.39 is 17.9 Å². The van der Waals surface area contributed by atoms with E-state index in [1.807, 2.05) is 4.90 Å². The number of halogens is 1. The number of nitrogens with zero attached hydrogens (tertiary/aromatic N) is 4. The van der Waals surface area contributed by atoms with Crippen LogP contribution in [-0.2, 0) is 0 Å². The number of piperidine rings is 1. The fourth-order valence-electron chi connectivity index (χ4n) is 3.68. The Balaban J connectivity index is 1.66. The number of aliphatic hydroxyl groups is 1. The number of hydrogen-bond acceptors (Lipinski definition) is 8. The second-order valence-corrected chi connectivity index (χ2v) is 7.34. The summed E-state index contributed by atoms with van der Waals surface area (Å²) in [6.45, 7) is 0.972. The minimum absolute atomic E-state index is 0.0455. The van der Waals surface area contributed by atoms with Gasteiger partial charge in [-0.15, -0.1) is 0 Å². The lowest BCUT2D eigenvalue weighted by atomic mass is 10.1. The summed E-state index contributed by atoms with van der Waals surface area (Å²) in [5.41, 5.74) is 0.638. The number of pyridine rings is 1. The third kappa shape index (κ3) is 4.45. The Kier molecular flexibility index (Phi) is 6.13. The van der Waals surface area contributed by atoms with Crippen molar-refractivity contribution in [3.63, 3.8) is 0 Å². The third-order valence-electron chi connectivity index (χ3n) is 5.18. The fourth-order valence-corrected chi connectivity index (χ4v) is 3.68. The standard InChI is InChI=1S/C22H22FN5O4/c1-32-17-6-2-5-15(23)20(17)21-24-8-7-18(27-21)26-19-10-16(14(11-25-19)22(30)31)28-9-3-4-13(29)12-28/h2,5-8,10-11,13,29H,3-4,9,12H2,1H3,(H,30,31)(H,24,25,26,27)/t13-/m0/s1. The van der Waals surface area contributed by atoms with Gasteiger partial charge in [0.15, 0.2) is 5.82 Å². The first kappa shape index (κ1) is 21.4. The summed E-state index contributed by atoms with van der Waals surface area (Å²) in [6.07, 6.45) is 3.66. The molecule has 0 bridgehead atoms. The molecule has 166 valence electrons. The highest BCUT2D eigenvalue weighted by Crippen LogP contribution is 2.31. The number of anilines is 3. The van der Waals surface area contributed by atoms with Crippen LogP contribution in [0, 0.1) is 5.82 Å². The van der Waals surface area contributed by atoms with Crippen LogP contribution in [0.3, 0.4) is 0 Å². The zero-order valence-corrected chi connectivity index (χ0v) is 17.3. The number of aromatic carboxylic acids is 1. The van der Waals surface area contributed by atoms with Crippen LogP contribution in [0.4, 0.5) is 21.7 Å². The smallest absolute Gasteiger partial charge is 0.339 e. The van der Waals surface area contributed by atoms with E-state index in [0.29, 0.717) is 42.6 Å². The van der Waals surface area contributed by atoms with E-state index in [0.717, 1.165) is 6.42 Å². The second-order valence-electron chi connectivity index (χ2n) is 7.34. The summed E-state index contributed by atoms with van der Waals surface area (Å²) >= 11 is 0. The zero-order valence-electron chi connectivity index (χ0n) is 17.3. The van der Waals surface area contributed by atoms with E-state index in [-0.39, 0.29) is 17.0 Å². The fraction of sp³-hybridized carbons (Fsp3) is 0.273. The summed E-state index contributed by atoms with van der Waals surface area (Å²) < 4.78 is 19.6. The lowest BCUT2D eigenvalue weighted by molar-refractivity contribution is 0.0696. The van der Waals surface area contributed by atoms with E-state index in [1.54, 1.807) is 18.2 Å². The Morgan fingerprint density at radius 2 is 2.12 bits per heavy atom.